The number of benzene rings is 3. The van der Waals surface area contributed by atoms with E-state index >= 15 is 0 Å². The van der Waals surface area contributed by atoms with Crippen LogP contribution >= 0.6 is 15.9 Å². The number of imidazole rings is 1. The molecule has 0 fully saturated rings. The number of halogens is 2. The van der Waals surface area contributed by atoms with E-state index in [2.05, 4.69) is 104 Å². The maximum absolute atomic E-state index is 13.6. The minimum atomic E-state index is -0.241. The van der Waals surface area contributed by atoms with E-state index in [4.69, 9.17) is 0 Å². The van der Waals surface area contributed by atoms with Gasteiger partial charge in [0.1, 0.15) is 17.0 Å². The smallest absolute Gasteiger partial charge is 0.254 e. The number of rotatable bonds is 2. The molecule has 0 saturated heterocycles. The Bertz CT molecular complexity index is 1590. The predicted molar refractivity (Wildman–Crippen MR) is 126 cm³/mol. The lowest BCUT2D eigenvalue weighted by molar-refractivity contribution is -0.510. The van der Waals surface area contributed by atoms with Gasteiger partial charge in [-0.25, -0.2) is 4.39 Å². The Labute approximate surface area is 186 Å². The molecule has 0 N–H and O–H groups in total. The van der Waals surface area contributed by atoms with Crippen LogP contribution in [-0.4, -0.2) is 9.13 Å². The molecule has 0 radical (unpaired) electrons. The molecular weight excluding hydrogens is 453 g/mol. The summed E-state index contributed by atoms with van der Waals surface area (Å²) in [6.45, 7) is 0. The third-order valence-corrected chi connectivity index (χ3v) is 6.49. The monoisotopic (exact) mass is 470 g/mol. The summed E-state index contributed by atoms with van der Waals surface area (Å²) in [7, 11) is 2.12. The highest BCUT2D eigenvalue weighted by molar-refractivity contribution is 9.10. The lowest BCUT2D eigenvalue weighted by atomic mass is 10.1. The van der Waals surface area contributed by atoms with Crippen molar-refractivity contribution in [1.29, 1.82) is 0 Å². The Morgan fingerprint density at radius 2 is 1.58 bits per heavy atom. The Morgan fingerprint density at radius 3 is 2.35 bits per heavy atom. The Hall–Kier alpha value is -3.44. The molecule has 0 amide bonds. The molecule has 6 aromatic rings. The largest absolute Gasteiger partial charge is 0.340 e. The third-order valence-electron chi connectivity index (χ3n) is 5.96. The highest BCUT2D eigenvalue weighted by Gasteiger charge is 2.26. The first-order valence-electron chi connectivity index (χ1n) is 10.1. The second-order valence-electron chi connectivity index (χ2n) is 7.73. The van der Waals surface area contributed by atoms with E-state index in [1.54, 1.807) is 0 Å². The van der Waals surface area contributed by atoms with E-state index in [1.165, 1.54) is 33.9 Å². The zero-order valence-corrected chi connectivity index (χ0v) is 18.3. The van der Waals surface area contributed by atoms with Crippen LogP contribution in [0, 0.1) is 5.82 Å². The van der Waals surface area contributed by atoms with Crippen molar-refractivity contribution in [3.8, 4) is 16.9 Å². The van der Waals surface area contributed by atoms with E-state index in [1.807, 2.05) is 12.1 Å². The van der Waals surface area contributed by atoms with Gasteiger partial charge in [0, 0.05) is 33.4 Å². The number of hydrogen-bond donors (Lipinski definition) is 0. The molecule has 3 nitrogen and oxygen atoms in total. The molecule has 6 rings (SSSR count). The van der Waals surface area contributed by atoms with Gasteiger partial charge in [-0.05, 0) is 60.7 Å². The molecule has 0 aliphatic rings. The van der Waals surface area contributed by atoms with Gasteiger partial charge in [0.15, 0.2) is 5.69 Å². The predicted octanol–water partition coefficient (Wildman–Crippen LogP) is 6.43. The lowest BCUT2D eigenvalue weighted by Crippen LogP contribution is -2.18. The fraction of sp³-hybridized carbons (Fsp3) is 0.0385. The molecule has 3 heterocycles. The second kappa shape index (κ2) is 6.79. The minimum Gasteiger partial charge on any atom is -0.340 e. The normalized spacial score (nSPS) is 11.7. The molecule has 5 heteroatoms. The topological polar surface area (TPSA) is 14.0 Å². The molecule has 150 valence electrons. The van der Waals surface area contributed by atoms with E-state index in [-0.39, 0.29) is 5.82 Å². The average Bonchev–Trinajstić information content (AvgIpc) is 3.31. The van der Waals surface area contributed by atoms with E-state index < -0.39 is 0 Å². The molecule has 0 saturated carbocycles. The molecule has 3 aromatic heterocycles. The summed E-state index contributed by atoms with van der Waals surface area (Å²) in [6, 6.07) is 25.6. The molecule has 0 aliphatic heterocycles. The van der Waals surface area contributed by atoms with Crippen LogP contribution in [0.3, 0.4) is 0 Å². The van der Waals surface area contributed by atoms with Crippen LogP contribution in [0.1, 0.15) is 0 Å². The fourth-order valence-corrected chi connectivity index (χ4v) is 4.80. The van der Waals surface area contributed by atoms with Gasteiger partial charge < -0.3 is 4.57 Å². The molecule has 31 heavy (non-hydrogen) atoms. The molecular formula is C26H18BrFN3+. The summed E-state index contributed by atoms with van der Waals surface area (Å²) in [5.41, 5.74) is 6.55. The van der Waals surface area contributed by atoms with Gasteiger partial charge in [-0.1, -0.05) is 34.1 Å². The first kappa shape index (κ1) is 18.3. The maximum Gasteiger partial charge on any atom is 0.254 e. The van der Waals surface area contributed by atoms with Gasteiger partial charge in [-0.15, -0.1) is 0 Å². The van der Waals surface area contributed by atoms with Gasteiger partial charge in [0.05, 0.1) is 6.20 Å². The van der Waals surface area contributed by atoms with Crippen LogP contribution in [0.4, 0.5) is 4.39 Å². The summed E-state index contributed by atoms with van der Waals surface area (Å²) in [5.74, 6) is -0.241. The number of nitrogens with zero attached hydrogens (tertiary/aromatic N) is 3. The SMILES string of the molecule is Cn1c2ccccc2c2cc[n+]3cn(-c4ccc(F)cc4)c(-c4ccc(Br)cc4)c3c21. The zero-order chi connectivity index (χ0) is 21.1. The van der Waals surface area contributed by atoms with Crippen LogP contribution in [0.5, 0.6) is 0 Å². The standard InChI is InChI=1S/C26H18BrFN3/c1-29-23-5-3-2-4-21(23)22-14-15-30-16-31(20-12-10-19(28)11-13-20)24(26(30)25(22)29)17-6-8-18(27)9-7-17/h2-16H,1H3/q+1. The van der Waals surface area contributed by atoms with E-state index in [0.717, 1.165) is 26.9 Å². The van der Waals surface area contributed by atoms with E-state index in [0.29, 0.717) is 0 Å². The van der Waals surface area contributed by atoms with Crippen molar-refractivity contribution in [2.45, 2.75) is 0 Å². The van der Waals surface area contributed by atoms with Crippen molar-refractivity contribution < 1.29 is 8.79 Å². The highest BCUT2D eigenvalue weighted by atomic mass is 79.9. The third kappa shape index (κ3) is 2.73. The first-order valence-corrected chi connectivity index (χ1v) is 10.9. The number of fused-ring (bicyclic) bond motifs is 5. The zero-order valence-electron chi connectivity index (χ0n) is 16.8. The van der Waals surface area contributed by atoms with Crippen molar-refractivity contribution in [3.63, 3.8) is 0 Å². The first-order chi connectivity index (χ1) is 15.1. The Kier molecular flexibility index (Phi) is 4.02. The van der Waals surface area contributed by atoms with Gasteiger partial charge in [0.25, 0.3) is 6.33 Å². The quantitative estimate of drug-likeness (QED) is 0.259. The van der Waals surface area contributed by atoms with Crippen molar-refractivity contribution in [2.75, 3.05) is 0 Å². The lowest BCUT2D eigenvalue weighted by Gasteiger charge is -2.04. The van der Waals surface area contributed by atoms with Gasteiger partial charge >= 0.3 is 0 Å². The van der Waals surface area contributed by atoms with Crippen LogP contribution in [0.15, 0.2) is 95.9 Å². The molecule has 3 aromatic carbocycles. The number of aromatic nitrogens is 3. The van der Waals surface area contributed by atoms with Gasteiger partial charge in [-0.3, -0.25) is 0 Å². The molecule has 0 aliphatic carbocycles. The van der Waals surface area contributed by atoms with Crippen LogP contribution in [-0.2, 0) is 7.05 Å². The van der Waals surface area contributed by atoms with Crippen LogP contribution < -0.4 is 4.40 Å². The van der Waals surface area contributed by atoms with Gasteiger partial charge in [0.2, 0.25) is 5.52 Å². The average molecular weight is 471 g/mol. The fourth-order valence-electron chi connectivity index (χ4n) is 4.54. The number of aryl methyl sites for hydroxylation is 1. The van der Waals surface area contributed by atoms with Crippen molar-refractivity contribution in [3.05, 3.63) is 102 Å². The van der Waals surface area contributed by atoms with Crippen LogP contribution in [0.25, 0.3) is 44.3 Å². The summed E-state index contributed by atoms with van der Waals surface area (Å²) < 4.78 is 21.2. The highest BCUT2D eigenvalue weighted by Crippen LogP contribution is 2.35. The summed E-state index contributed by atoms with van der Waals surface area (Å²) in [6.07, 6.45) is 4.17. The summed E-state index contributed by atoms with van der Waals surface area (Å²) in [5, 5.41) is 2.45. The molecule has 0 atom stereocenters. The summed E-state index contributed by atoms with van der Waals surface area (Å²) >= 11 is 3.55. The number of pyridine rings is 1. The van der Waals surface area contributed by atoms with E-state index in [9.17, 15) is 4.39 Å². The second-order valence-corrected chi connectivity index (χ2v) is 8.64. The summed E-state index contributed by atoms with van der Waals surface area (Å²) in [4.78, 5) is 0. The van der Waals surface area contributed by atoms with Gasteiger partial charge in [-0.2, -0.15) is 8.97 Å². The van der Waals surface area contributed by atoms with Crippen LogP contribution in [0.2, 0.25) is 0 Å². The Morgan fingerprint density at radius 1 is 0.839 bits per heavy atom. The van der Waals surface area contributed by atoms with Crippen molar-refractivity contribution in [2.24, 2.45) is 7.05 Å². The molecule has 0 bridgehead atoms. The molecule has 0 unspecified atom stereocenters. The Balaban J connectivity index is 1.81. The number of hydrogen-bond acceptors (Lipinski definition) is 0. The number of para-hydroxylation sites is 1. The van der Waals surface area contributed by atoms with Crippen molar-refractivity contribution in [1.82, 2.24) is 9.13 Å². The van der Waals surface area contributed by atoms with Crippen molar-refractivity contribution >= 4 is 43.3 Å². The maximum atomic E-state index is 13.6. The minimum absolute atomic E-state index is 0.241. The molecule has 0 spiro atoms.